The average molecular weight is 393 g/mol. The van der Waals surface area contributed by atoms with Gasteiger partial charge in [-0.3, -0.25) is 9.36 Å². The Kier molecular flexibility index (Phi) is 4.72. The second-order valence-corrected chi connectivity index (χ2v) is 5.71. The summed E-state index contributed by atoms with van der Waals surface area (Å²) in [6.07, 6.45) is -3.40. The molecule has 0 saturated carbocycles. The SMILES string of the molecule is COC(=O)c1c(N)c2ccc(C(F)(F)F)cc2n(-c2ccc(OC)nc2)c1=O. The van der Waals surface area contributed by atoms with E-state index in [4.69, 9.17) is 10.5 Å². The molecule has 3 rings (SSSR count). The third-order valence-corrected chi connectivity index (χ3v) is 4.12. The first-order valence-electron chi connectivity index (χ1n) is 7.83. The number of pyridine rings is 2. The highest BCUT2D eigenvalue weighted by Crippen LogP contribution is 2.33. The average Bonchev–Trinajstić information content (AvgIpc) is 2.67. The zero-order valence-electron chi connectivity index (χ0n) is 14.7. The van der Waals surface area contributed by atoms with Crippen LogP contribution in [0.4, 0.5) is 18.9 Å². The summed E-state index contributed by atoms with van der Waals surface area (Å²) in [6.45, 7) is 0. The highest BCUT2D eigenvalue weighted by Gasteiger charge is 2.32. The summed E-state index contributed by atoms with van der Waals surface area (Å²) in [4.78, 5) is 29.0. The van der Waals surface area contributed by atoms with Gasteiger partial charge in [-0.2, -0.15) is 13.2 Å². The summed E-state index contributed by atoms with van der Waals surface area (Å²) in [5.74, 6) is -0.764. The molecular weight excluding hydrogens is 379 g/mol. The van der Waals surface area contributed by atoms with Crippen LogP contribution in [0, 0.1) is 0 Å². The molecule has 0 aliphatic rings. The summed E-state index contributed by atoms with van der Waals surface area (Å²) in [5.41, 5.74) is 3.27. The number of carbonyl (C=O) groups is 1. The summed E-state index contributed by atoms with van der Waals surface area (Å²) < 4.78 is 50.0. The molecule has 0 spiro atoms. The van der Waals surface area contributed by atoms with Crippen LogP contribution in [0.15, 0.2) is 41.3 Å². The molecule has 0 aliphatic carbocycles. The van der Waals surface area contributed by atoms with E-state index in [0.717, 1.165) is 29.9 Å². The molecule has 7 nitrogen and oxygen atoms in total. The molecule has 146 valence electrons. The minimum atomic E-state index is -4.64. The monoisotopic (exact) mass is 393 g/mol. The maximum absolute atomic E-state index is 13.2. The van der Waals surface area contributed by atoms with Gasteiger partial charge in [0.15, 0.2) is 0 Å². The molecule has 0 atom stereocenters. The van der Waals surface area contributed by atoms with Crippen LogP contribution >= 0.6 is 0 Å². The van der Waals surface area contributed by atoms with Gasteiger partial charge >= 0.3 is 12.1 Å². The Bertz CT molecular complexity index is 1120. The van der Waals surface area contributed by atoms with Crippen molar-refractivity contribution in [2.24, 2.45) is 0 Å². The number of carbonyl (C=O) groups excluding carboxylic acids is 1. The number of hydrogen-bond acceptors (Lipinski definition) is 6. The number of benzene rings is 1. The summed E-state index contributed by atoms with van der Waals surface area (Å²) in [6, 6.07) is 5.56. The van der Waals surface area contributed by atoms with E-state index in [1.54, 1.807) is 0 Å². The molecule has 2 heterocycles. The largest absolute Gasteiger partial charge is 0.481 e. The van der Waals surface area contributed by atoms with Crippen molar-refractivity contribution in [2.75, 3.05) is 20.0 Å². The fraction of sp³-hybridized carbons (Fsp3) is 0.167. The van der Waals surface area contributed by atoms with Gasteiger partial charge < -0.3 is 15.2 Å². The van der Waals surface area contributed by atoms with Crippen LogP contribution in [0.1, 0.15) is 15.9 Å². The first-order valence-corrected chi connectivity index (χ1v) is 7.83. The van der Waals surface area contributed by atoms with Gasteiger partial charge in [0.2, 0.25) is 5.88 Å². The van der Waals surface area contributed by atoms with Crippen LogP contribution in [0.5, 0.6) is 5.88 Å². The topological polar surface area (TPSA) is 96.4 Å². The van der Waals surface area contributed by atoms with Crippen molar-refractivity contribution in [1.29, 1.82) is 0 Å². The summed E-state index contributed by atoms with van der Waals surface area (Å²) in [7, 11) is 2.45. The standard InChI is InChI=1S/C18H14F3N3O4/c1-27-13-6-4-10(8-23-13)24-12-7-9(18(19,20)21)3-5-11(12)15(22)14(16(24)25)17(26)28-2/h3-8H,22H2,1-2H3. The molecule has 0 fully saturated rings. The third-order valence-electron chi connectivity index (χ3n) is 4.12. The predicted molar refractivity (Wildman–Crippen MR) is 94.6 cm³/mol. The molecule has 0 radical (unpaired) electrons. The van der Waals surface area contributed by atoms with Crippen LogP contribution in [0.2, 0.25) is 0 Å². The predicted octanol–water partition coefficient (Wildman–Crippen LogP) is 2.78. The molecule has 2 N–H and O–H groups in total. The number of nitrogen functional groups attached to an aromatic ring is 1. The number of esters is 1. The highest BCUT2D eigenvalue weighted by molar-refractivity contribution is 6.04. The van der Waals surface area contributed by atoms with E-state index < -0.39 is 28.8 Å². The number of methoxy groups -OCH3 is 2. The molecular formula is C18H14F3N3O4. The first kappa shape index (κ1) is 19.2. The number of halogens is 3. The fourth-order valence-corrected chi connectivity index (χ4v) is 2.77. The van der Waals surface area contributed by atoms with E-state index in [-0.39, 0.29) is 28.2 Å². The van der Waals surface area contributed by atoms with Gasteiger partial charge in [-0.1, -0.05) is 6.07 Å². The molecule has 0 amide bonds. The molecule has 0 saturated heterocycles. The van der Waals surface area contributed by atoms with Gasteiger partial charge in [-0.05, 0) is 18.2 Å². The van der Waals surface area contributed by atoms with Crippen LogP contribution in [-0.2, 0) is 10.9 Å². The van der Waals surface area contributed by atoms with E-state index in [2.05, 4.69) is 9.72 Å². The molecule has 2 aromatic heterocycles. The maximum Gasteiger partial charge on any atom is 0.416 e. The molecule has 0 unspecified atom stereocenters. The van der Waals surface area contributed by atoms with Gasteiger partial charge in [0.25, 0.3) is 5.56 Å². The number of nitrogens with two attached hydrogens (primary N) is 1. The van der Waals surface area contributed by atoms with Gasteiger partial charge in [0, 0.05) is 11.5 Å². The number of rotatable bonds is 3. The smallest absolute Gasteiger partial charge is 0.416 e. The Hall–Kier alpha value is -3.56. The van der Waals surface area contributed by atoms with Crippen LogP contribution in [0.25, 0.3) is 16.6 Å². The Balaban J connectivity index is 2.46. The zero-order chi connectivity index (χ0) is 20.6. The van der Waals surface area contributed by atoms with E-state index in [0.29, 0.717) is 0 Å². The second-order valence-electron chi connectivity index (χ2n) is 5.71. The molecule has 1 aromatic carbocycles. The van der Waals surface area contributed by atoms with Crippen LogP contribution in [-0.4, -0.2) is 29.7 Å². The van der Waals surface area contributed by atoms with Gasteiger partial charge in [-0.25, -0.2) is 9.78 Å². The second kappa shape index (κ2) is 6.87. The Morgan fingerprint density at radius 2 is 1.89 bits per heavy atom. The zero-order valence-corrected chi connectivity index (χ0v) is 14.7. The number of hydrogen-bond donors (Lipinski definition) is 1. The van der Waals surface area contributed by atoms with E-state index >= 15 is 0 Å². The number of nitrogens with zero attached hydrogens (tertiary/aromatic N) is 2. The Morgan fingerprint density at radius 3 is 2.43 bits per heavy atom. The molecule has 10 heteroatoms. The number of aromatic nitrogens is 2. The molecule has 28 heavy (non-hydrogen) atoms. The summed E-state index contributed by atoms with van der Waals surface area (Å²) >= 11 is 0. The van der Waals surface area contributed by atoms with Crippen molar-refractivity contribution >= 4 is 22.6 Å². The normalized spacial score (nSPS) is 11.5. The lowest BCUT2D eigenvalue weighted by atomic mass is 10.1. The highest BCUT2D eigenvalue weighted by atomic mass is 19.4. The number of ether oxygens (including phenoxy) is 2. The van der Waals surface area contributed by atoms with Crippen molar-refractivity contribution in [2.45, 2.75) is 6.18 Å². The molecule has 0 aliphatic heterocycles. The molecule has 3 aromatic rings. The Morgan fingerprint density at radius 1 is 1.18 bits per heavy atom. The fourth-order valence-electron chi connectivity index (χ4n) is 2.77. The number of anilines is 1. The maximum atomic E-state index is 13.2. The van der Waals surface area contributed by atoms with Crippen molar-refractivity contribution in [3.63, 3.8) is 0 Å². The van der Waals surface area contributed by atoms with E-state index in [9.17, 15) is 22.8 Å². The lowest BCUT2D eigenvalue weighted by Crippen LogP contribution is -2.28. The first-order chi connectivity index (χ1) is 13.2. The molecule has 0 bridgehead atoms. The van der Waals surface area contributed by atoms with Gasteiger partial charge in [-0.15, -0.1) is 0 Å². The number of fused-ring (bicyclic) bond motifs is 1. The van der Waals surface area contributed by atoms with Crippen molar-refractivity contribution < 1.29 is 27.4 Å². The minimum absolute atomic E-state index is 0.0869. The summed E-state index contributed by atoms with van der Waals surface area (Å²) in [5, 5.41) is 0.0869. The lowest BCUT2D eigenvalue weighted by molar-refractivity contribution is -0.137. The van der Waals surface area contributed by atoms with Gasteiger partial charge in [0.1, 0.15) is 5.56 Å². The Labute approximate surface area is 156 Å². The third kappa shape index (κ3) is 3.13. The van der Waals surface area contributed by atoms with Crippen molar-refractivity contribution in [1.82, 2.24) is 9.55 Å². The van der Waals surface area contributed by atoms with Crippen LogP contribution in [0.3, 0.4) is 0 Å². The van der Waals surface area contributed by atoms with Gasteiger partial charge in [0.05, 0.1) is 42.9 Å². The van der Waals surface area contributed by atoms with Crippen molar-refractivity contribution in [3.8, 4) is 11.6 Å². The van der Waals surface area contributed by atoms with Crippen molar-refractivity contribution in [3.05, 3.63) is 58.0 Å². The van der Waals surface area contributed by atoms with E-state index in [1.807, 2.05) is 0 Å². The van der Waals surface area contributed by atoms with E-state index in [1.165, 1.54) is 25.4 Å². The number of alkyl halides is 3. The quantitative estimate of drug-likeness (QED) is 0.688. The van der Waals surface area contributed by atoms with Crippen LogP contribution < -0.4 is 16.0 Å². The lowest BCUT2D eigenvalue weighted by Gasteiger charge is -2.16. The minimum Gasteiger partial charge on any atom is -0.481 e.